The van der Waals surface area contributed by atoms with Crippen molar-refractivity contribution in [2.75, 3.05) is 19.6 Å². The zero-order valence-electron chi connectivity index (χ0n) is 11.2. The molecule has 2 unspecified atom stereocenters. The summed E-state index contributed by atoms with van der Waals surface area (Å²) in [5, 5.41) is 3.72. The largest absolute Gasteiger partial charge is 0.343 e. The molecule has 0 spiro atoms. The summed E-state index contributed by atoms with van der Waals surface area (Å²) in [6.07, 6.45) is 6.48. The molecule has 2 atom stereocenters. The van der Waals surface area contributed by atoms with E-state index < -0.39 is 0 Å². The highest BCUT2D eigenvalue weighted by molar-refractivity contribution is 5.73. The molecule has 1 amide bonds. The molecule has 2 fully saturated rings. The Morgan fingerprint density at radius 2 is 1.94 bits per heavy atom. The Morgan fingerprint density at radius 3 is 2.47 bits per heavy atom. The van der Waals surface area contributed by atoms with Gasteiger partial charge in [0.05, 0.1) is 0 Å². The lowest BCUT2D eigenvalue weighted by molar-refractivity contribution is -0.129. The number of nitrogens with zero attached hydrogens (tertiary/aromatic N) is 1. The molecule has 1 heterocycles. The van der Waals surface area contributed by atoms with E-state index in [4.69, 9.17) is 0 Å². The van der Waals surface area contributed by atoms with E-state index >= 15 is 0 Å². The number of carbonyl (C=O) groups excluding carboxylic acids is 1. The van der Waals surface area contributed by atoms with Crippen LogP contribution in [0.2, 0.25) is 0 Å². The van der Waals surface area contributed by atoms with Crippen LogP contribution in [0.15, 0.2) is 0 Å². The van der Waals surface area contributed by atoms with Crippen molar-refractivity contribution in [1.82, 2.24) is 10.2 Å². The van der Waals surface area contributed by atoms with E-state index in [-0.39, 0.29) is 5.91 Å². The lowest BCUT2D eigenvalue weighted by Crippen LogP contribution is -2.45. The number of rotatable bonds is 3. The van der Waals surface area contributed by atoms with Gasteiger partial charge in [-0.2, -0.15) is 0 Å². The third-order valence-corrected chi connectivity index (χ3v) is 4.65. The number of hydrogen-bond donors (Lipinski definition) is 1. The quantitative estimate of drug-likeness (QED) is 0.816. The Bertz CT molecular complexity index is 259. The van der Waals surface area contributed by atoms with Gasteiger partial charge in [-0.15, -0.1) is 0 Å². The first-order valence-electron chi connectivity index (χ1n) is 7.15. The van der Waals surface area contributed by atoms with Crippen LogP contribution < -0.4 is 5.32 Å². The highest BCUT2D eigenvalue weighted by atomic mass is 16.2. The van der Waals surface area contributed by atoms with E-state index in [2.05, 4.69) is 12.2 Å². The van der Waals surface area contributed by atoms with Crippen LogP contribution in [-0.2, 0) is 4.79 Å². The first-order valence-corrected chi connectivity index (χ1v) is 7.15. The molecule has 0 aromatic rings. The SMILES string of the molecule is CC(=O)N1CCC(NCC2CCCC2C)CC1. The van der Waals surface area contributed by atoms with Crippen LogP contribution in [0.4, 0.5) is 0 Å². The number of amides is 1. The van der Waals surface area contributed by atoms with E-state index in [1.165, 1.54) is 25.8 Å². The maximum atomic E-state index is 11.2. The second-order valence-electron chi connectivity index (χ2n) is 5.86. The fourth-order valence-electron chi connectivity index (χ4n) is 3.24. The molecule has 1 aliphatic heterocycles. The van der Waals surface area contributed by atoms with Gasteiger partial charge in [0.15, 0.2) is 0 Å². The van der Waals surface area contributed by atoms with Gasteiger partial charge in [-0.1, -0.05) is 19.8 Å². The predicted octanol–water partition coefficient (Wildman–Crippen LogP) is 2.02. The number of piperidine rings is 1. The summed E-state index contributed by atoms with van der Waals surface area (Å²) in [6, 6.07) is 0.637. The molecule has 1 N–H and O–H groups in total. The molecule has 98 valence electrons. The van der Waals surface area contributed by atoms with Gasteiger partial charge in [-0.3, -0.25) is 4.79 Å². The molecule has 3 nitrogen and oxygen atoms in total. The molecule has 0 aromatic heterocycles. The minimum Gasteiger partial charge on any atom is -0.343 e. The second kappa shape index (κ2) is 5.85. The standard InChI is InChI=1S/C14H26N2O/c1-11-4-3-5-13(11)10-15-14-6-8-16(9-7-14)12(2)17/h11,13-15H,3-10H2,1-2H3. The molecular formula is C14H26N2O. The van der Waals surface area contributed by atoms with Crippen LogP contribution in [0.1, 0.15) is 46.0 Å². The molecule has 0 bridgehead atoms. The van der Waals surface area contributed by atoms with Crippen molar-refractivity contribution in [3.05, 3.63) is 0 Å². The van der Waals surface area contributed by atoms with Crippen molar-refractivity contribution in [3.8, 4) is 0 Å². The zero-order valence-corrected chi connectivity index (χ0v) is 11.2. The molecular weight excluding hydrogens is 212 g/mol. The van der Waals surface area contributed by atoms with Crippen LogP contribution in [0.3, 0.4) is 0 Å². The van der Waals surface area contributed by atoms with Gasteiger partial charge in [-0.25, -0.2) is 0 Å². The molecule has 2 rings (SSSR count). The minimum atomic E-state index is 0.230. The van der Waals surface area contributed by atoms with Crippen molar-refractivity contribution in [2.24, 2.45) is 11.8 Å². The summed E-state index contributed by atoms with van der Waals surface area (Å²) in [7, 11) is 0. The highest BCUT2D eigenvalue weighted by Gasteiger charge is 2.25. The summed E-state index contributed by atoms with van der Waals surface area (Å²) >= 11 is 0. The van der Waals surface area contributed by atoms with Gasteiger partial charge >= 0.3 is 0 Å². The Balaban J connectivity index is 1.66. The third kappa shape index (κ3) is 3.44. The Morgan fingerprint density at radius 1 is 1.24 bits per heavy atom. The van der Waals surface area contributed by atoms with Gasteiger partial charge in [0.1, 0.15) is 0 Å². The minimum absolute atomic E-state index is 0.230. The van der Waals surface area contributed by atoms with Crippen molar-refractivity contribution >= 4 is 5.91 Å². The average molecular weight is 238 g/mol. The van der Waals surface area contributed by atoms with Crippen molar-refractivity contribution in [2.45, 2.75) is 52.0 Å². The maximum Gasteiger partial charge on any atom is 0.219 e. The maximum absolute atomic E-state index is 11.2. The summed E-state index contributed by atoms with van der Waals surface area (Å²) in [5.41, 5.74) is 0. The molecule has 0 aromatic carbocycles. The molecule has 1 saturated heterocycles. The fourth-order valence-corrected chi connectivity index (χ4v) is 3.24. The summed E-state index contributed by atoms with van der Waals surface area (Å²) in [4.78, 5) is 13.2. The van der Waals surface area contributed by atoms with E-state index in [0.29, 0.717) is 6.04 Å². The van der Waals surface area contributed by atoms with Crippen LogP contribution >= 0.6 is 0 Å². The molecule has 1 aliphatic carbocycles. The molecule has 17 heavy (non-hydrogen) atoms. The number of nitrogens with one attached hydrogen (secondary N) is 1. The monoisotopic (exact) mass is 238 g/mol. The smallest absolute Gasteiger partial charge is 0.219 e. The number of likely N-dealkylation sites (tertiary alicyclic amines) is 1. The van der Waals surface area contributed by atoms with Gasteiger partial charge in [0.2, 0.25) is 5.91 Å². The Hall–Kier alpha value is -0.570. The summed E-state index contributed by atoms with van der Waals surface area (Å²) in [5.74, 6) is 2.02. The lowest BCUT2D eigenvalue weighted by Gasteiger charge is -2.32. The second-order valence-corrected chi connectivity index (χ2v) is 5.86. The van der Waals surface area contributed by atoms with Crippen LogP contribution in [0, 0.1) is 11.8 Å². The molecule has 0 radical (unpaired) electrons. The average Bonchev–Trinajstić information content (AvgIpc) is 2.73. The van der Waals surface area contributed by atoms with E-state index in [0.717, 1.165) is 37.8 Å². The highest BCUT2D eigenvalue weighted by Crippen LogP contribution is 2.30. The van der Waals surface area contributed by atoms with Gasteiger partial charge in [0.25, 0.3) is 0 Å². The topological polar surface area (TPSA) is 32.3 Å². The van der Waals surface area contributed by atoms with Crippen molar-refractivity contribution < 1.29 is 4.79 Å². The number of carbonyl (C=O) groups is 1. The van der Waals surface area contributed by atoms with Gasteiger partial charge in [-0.05, 0) is 37.6 Å². The first kappa shape index (κ1) is 12.9. The molecule has 1 saturated carbocycles. The summed E-state index contributed by atoms with van der Waals surface area (Å²) < 4.78 is 0. The van der Waals surface area contributed by atoms with Crippen LogP contribution in [0.5, 0.6) is 0 Å². The Kier molecular flexibility index (Phi) is 4.43. The van der Waals surface area contributed by atoms with E-state index in [9.17, 15) is 4.79 Å². The third-order valence-electron chi connectivity index (χ3n) is 4.65. The van der Waals surface area contributed by atoms with Gasteiger partial charge in [0, 0.05) is 26.1 Å². The van der Waals surface area contributed by atoms with Gasteiger partial charge < -0.3 is 10.2 Å². The van der Waals surface area contributed by atoms with E-state index in [1.54, 1.807) is 6.92 Å². The number of hydrogen-bond acceptors (Lipinski definition) is 2. The van der Waals surface area contributed by atoms with Crippen molar-refractivity contribution in [1.29, 1.82) is 0 Å². The fraction of sp³-hybridized carbons (Fsp3) is 0.929. The van der Waals surface area contributed by atoms with E-state index in [1.807, 2.05) is 4.90 Å². The normalized spacial score (nSPS) is 30.8. The predicted molar refractivity (Wildman–Crippen MR) is 69.8 cm³/mol. The summed E-state index contributed by atoms with van der Waals surface area (Å²) in [6.45, 7) is 7.12. The van der Waals surface area contributed by atoms with Crippen molar-refractivity contribution in [3.63, 3.8) is 0 Å². The van der Waals surface area contributed by atoms with Crippen LogP contribution in [-0.4, -0.2) is 36.5 Å². The molecule has 2 aliphatic rings. The first-order chi connectivity index (χ1) is 8.16. The zero-order chi connectivity index (χ0) is 12.3. The van der Waals surface area contributed by atoms with Crippen LogP contribution in [0.25, 0.3) is 0 Å². The molecule has 3 heteroatoms. The lowest BCUT2D eigenvalue weighted by atomic mass is 9.97. The Labute approximate surface area is 105 Å².